The fraction of sp³-hybridized carbons (Fsp3) is 0.300. The minimum atomic E-state index is -1.12. The maximum Gasteiger partial charge on any atom is 0.313 e. The Bertz CT molecular complexity index is 803. The second kappa shape index (κ2) is 7.07. The molecule has 0 radical (unpaired) electrons. The average Bonchev–Trinajstić information content (AvgIpc) is 2.97. The van der Waals surface area contributed by atoms with Crippen molar-refractivity contribution in [1.82, 2.24) is 5.32 Å². The Morgan fingerprint density at radius 2 is 1.92 bits per heavy atom. The van der Waals surface area contributed by atoms with Crippen molar-refractivity contribution in [2.75, 3.05) is 11.9 Å². The van der Waals surface area contributed by atoms with Crippen LogP contribution >= 0.6 is 0 Å². The number of carbonyl (C=O) groups is 2. The zero-order chi connectivity index (χ0) is 17.9. The molecular formula is C20H22N2O3. The topological polar surface area (TPSA) is 78.4 Å². The van der Waals surface area contributed by atoms with Crippen LogP contribution in [0.5, 0.6) is 0 Å². The molecule has 5 nitrogen and oxygen atoms in total. The number of amides is 2. The maximum atomic E-state index is 12.1. The van der Waals surface area contributed by atoms with E-state index in [-0.39, 0.29) is 6.54 Å². The molecule has 0 heterocycles. The quantitative estimate of drug-likeness (QED) is 0.748. The van der Waals surface area contributed by atoms with Crippen molar-refractivity contribution in [3.05, 3.63) is 65.2 Å². The highest BCUT2D eigenvalue weighted by Crippen LogP contribution is 2.36. The van der Waals surface area contributed by atoms with E-state index in [1.54, 1.807) is 6.07 Å². The normalized spacial score (nSPS) is 18.5. The number of anilines is 1. The van der Waals surface area contributed by atoms with Gasteiger partial charge in [0.25, 0.3) is 0 Å². The first-order valence-electron chi connectivity index (χ1n) is 8.51. The summed E-state index contributed by atoms with van der Waals surface area (Å²) in [4.78, 5) is 24.1. The molecule has 130 valence electrons. The van der Waals surface area contributed by atoms with Crippen molar-refractivity contribution in [1.29, 1.82) is 0 Å². The van der Waals surface area contributed by atoms with Gasteiger partial charge in [0.2, 0.25) is 0 Å². The van der Waals surface area contributed by atoms with Crippen LogP contribution in [-0.4, -0.2) is 23.5 Å². The van der Waals surface area contributed by atoms with Gasteiger partial charge in [-0.1, -0.05) is 43.3 Å². The van der Waals surface area contributed by atoms with Crippen LogP contribution in [0, 0.1) is 0 Å². The molecule has 2 amide bonds. The van der Waals surface area contributed by atoms with Crippen LogP contribution < -0.4 is 10.6 Å². The molecule has 0 fully saturated rings. The number of carbonyl (C=O) groups excluding carboxylic acids is 2. The number of fused-ring (bicyclic) bond motifs is 1. The zero-order valence-corrected chi connectivity index (χ0v) is 14.2. The van der Waals surface area contributed by atoms with Gasteiger partial charge in [-0.2, -0.15) is 0 Å². The molecule has 2 aromatic rings. The number of aliphatic hydroxyl groups is 1. The summed E-state index contributed by atoms with van der Waals surface area (Å²) in [6.07, 6.45) is 2.15. The molecule has 0 saturated heterocycles. The SMILES string of the molecule is CCc1cccc(NC(=O)C(=O)NCC2(O)CCc3ccccc32)c1. The minimum absolute atomic E-state index is 0.0191. The summed E-state index contributed by atoms with van der Waals surface area (Å²) in [5, 5.41) is 15.9. The van der Waals surface area contributed by atoms with Gasteiger partial charge in [0.1, 0.15) is 5.60 Å². The van der Waals surface area contributed by atoms with Gasteiger partial charge in [0.05, 0.1) is 6.54 Å². The molecule has 0 aromatic heterocycles. The lowest BCUT2D eigenvalue weighted by atomic mass is 9.96. The van der Waals surface area contributed by atoms with Crippen molar-refractivity contribution in [3.8, 4) is 0 Å². The number of benzene rings is 2. The summed E-state index contributed by atoms with van der Waals surface area (Å²) in [6.45, 7) is 2.04. The van der Waals surface area contributed by atoms with Gasteiger partial charge >= 0.3 is 11.8 Å². The van der Waals surface area contributed by atoms with Crippen LogP contribution in [0.2, 0.25) is 0 Å². The summed E-state index contributed by atoms with van der Waals surface area (Å²) in [5.41, 5.74) is 2.46. The molecule has 0 bridgehead atoms. The van der Waals surface area contributed by atoms with Crippen LogP contribution in [0.15, 0.2) is 48.5 Å². The van der Waals surface area contributed by atoms with E-state index < -0.39 is 17.4 Å². The summed E-state index contributed by atoms with van der Waals surface area (Å²) in [5.74, 6) is -1.48. The number of rotatable bonds is 4. The predicted molar refractivity (Wildman–Crippen MR) is 96.1 cm³/mol. The highest BCUT2D eigenvalue weighted by Gasteiger charge is 2.37. The van der Waals surface area contributed by atoms with Crippen molar-refractivity contribution in [3.63, 3.8) is 0 Å². The van der Waals surface area contributed by atoms with Gasteiger partial charge in [-0.3, -0.25) is 9.59 Å². The van der Waals surface area contributed by atoms with Crippen molar-refractivity contribution < 1.29 is 14.7 Å². The number of hydrogen-bond acceptors (Lipinski definition) is 3. The summed E-state index contributed by atoms with van der Waals surface area (Å²) >= 11 is 0. The first-order valence-corrected chi connectivity index (χ1v) is 8.51. The van der Waals surface area contributed by atoms with E-state index in [9.17, 15) is 14.7 Å². The van der Waals surface area contributed by atoms with E-state index >= 15 is 0 Å². The Balaban J connectivity index is 1.60. The smallest absolute Gasteiger partial charge is 0.313 e. The van der Waals surface area contributed by atoms with E-state index in [1.165, 1.54) is 0 Å². The molecule has 1 unspecified atom stereocenters. The average molecular weight is 338 g/mol. The highest BCUT2D eigenvalue weighted by atomic mass is 16.3. The third-order valence-corrected chi connectivity index (χ3v) is 4.67. The Morgan fingerprint density at radius 1 is 1.12 bits per heavy atom. The Labute approximate surface area is 147 Å². The molecule has 5 heteroatoms. The molecule has 3 rings (SSSR count). The molecule has 1 aliphatic carbocycles. The maximum absolute atomic E-state index is 12.1. The molecule has 3 N–H and O–H groups in total. The Morgan fingerprint density at radius 3 is 2.72 bits per heavy atom. The monoisotopic (exact) mass is 338 g/mol. The van der Waals surface area contributed by atoms with Crippen LogP contribution in [-0.2, 0) is 28.0 Å². The summed E-state index contributed by atoms with van der Waals surface area (Å²) in [7, 11) is 0. The first-order chi connectivity index (χ1) is 12.0. The fourth-order valence-corrected chi connectivity index (χ4v) is 3.22. The lowest BCUT2D eigenvalue weighted by Crippen LogP contribution is -2.43. The van der Waals surface area contributed by atoms with Crippen molar-refractivity contribution in [2.45, 2.75) is 31.8 Å². The van der Waals surface area contributed by atoms with Gasteiger partial charge < -0.3 is 15.7 Å². The number of hydrogen-bond donors (Lipinski definition) is 3. The van der Waals surface area contributed by atoms with E-state index in [0.717, 1.165) is 29.5 Å². The van der Waals surface area contributed by atoms with Crippen molar-refractivity contribution in [2.24, 2.45) is 0 Å². The molecule has 0 aliphatic heterocycles. The lowest BCUT2D eigenvalue weighted by Gasteiger charge is -2.24. The highest BCUT2D eigenvalue weighted by molar-refractivity contribution is 6.39. The van der Waals surface area contributed by atoms with E-state index in [4.69, 9.17) is 0 Å². The van der Waals surface area contributed by atoms with Gasteiger partial charge in [-0.15, -0.1) is 0 Å². The summed E-state index contributed by atoms with van der Waals surface area (Å²) < 4.78 is 0. The summed E-state index contributed by atoms with van der Waals surface area (Å²) in [6, 6.07) is 15.0. The van der Waals surface area contributed by atoms with Gasteiger partial charge in [-0.05, 0) is 48.1 Å². The Kier molecular flexibility index (Phi) is 4.86. The van der Waals surface area contributed by atoms with Crippen LogP contribution in [0.25, 0.3) is 0 Å². The second-order valence-corrected chi connectivity index (χ2v) is 6.38. The van der Waals surface area contributed by atoms with E-state index in [2.05, 4.69) is 10.6 Å². The standard InChI is InChI=1S/C20H22N2O3/c1-2-14-6-5-8-16(12-14)22-19(24)18(23)21-13-20(25)11-10-15-7-3-4-9-17(15)20/h3-9,12,25H,2,10-11,13H2,1H3,(H,21,23)(H,22,24). The largest absolute Gasteiger partial charge is 0.383 e. The van der Waals surface area contributed by atoms with Gasteiger partial charge in [0.15, 0.2) is 0 Å². The predicted octanol–water partition coefficient (Wildman–Crippen LogP) is 2.14. The lowest BCUT2D eigenvalue weighted by molar-refractivity contribution is -0.136. The molecule has 25 heavy (non-hydrogen) atoms. The van der Waals surface area contributed by atoms with Crippen LogP contribution in [0.3, 0.4) is 0 Å². The number of aryl methyl sites for hydroxylation is 2. The fourth-order valence-electron chi connectivity index (χ4n) is 3.22. The number of nitrogens with one attached hydrogen (secondary N) is 2. The van der Waals surface area contributed by atoms with Crippen LogP contribution in [0.4, 0.5) is 5.69 Å². The first kappa shape index (κ1) is 17.2. The van der Waals surface area contributed by atoms with Crippen LogP contribution in [0.1, 0.15) is 30.0 Å². The van der Waals surface area contributed by atoms with Gasteiger partial charge in [-0.25, -0.2) is 0 Å². The molecule has 2 aromatic carbocycles. The van der Waals surface area contributed by atoms with E-state index in [0.29, 0.717) is 12.1 Å². The zero-order valence-electron chi connectivity index (χ0n) is 14.2. The molecule has 0 saturated carbocycles. The Hall–Kier alpha value is -2.66. The van der Waals surface area contributed by atoms with E-state index in [1.807, 2.05) is 49.4 Å². The third-order valence-electron chi connectivity index (χ3n) is 4.67. The molecule has 1 aliphatic rings. The second-order valence-electron chi connectivity index (χ2n) is 6.38. The minimum Gasteiger partial charge on any atom is -0.383 e. The van der Waals surface area contributed by atoms with Crippen molar-refractivity contribution >= 4 is 17.5 Å². The van der Waals surface area contributed by atoms with Gasteiger partial charge in [0, 0.05) is 5.69 Å². The molecule has 1 atom stereocenters. The molecule has 0 spiro atoms. The third kappa shape index (κ3) is 3.72. The molecular weight excluding hydrogens is 316 g/mol.